The average molecular weight is 229 g/mol. The van der Waals surface area contributed by atoms with Crippen LogP contribution in [-0.4, -0.2) is 9.78 Å². The van der Waals surface area contributed by atoms with E-state index < -0.39 is 0 Å². The molecule has 0 aliphatic heterocycles. The van der Waals surface area contributed by atoms with Crippen molar-refractivity contribution in [2.24, 2.45) is 11.7 Å². The van der Waals surface area contributed by atoms with Crippen molar-refractivity contribution in [3.8, 4) is 11.1 Å². The van der Waals surface area contributed by atoms with E-state index in [9.17, 15) is 0 Å². The van der Waals surface area contributed by atoms with E-state index in [1.165, 1.54) is 5.56 Å². The number of hydrogen-bond acceptors (Lipinski definition) is 2. The number of nitrogens with zero attached hydrogens (tertiary/aromatic N) is 2. The molecule has 0 atom stereocenters. The highest BCUT2D eigenvalue weighted by Gasteiger charge is 2.03. The van der Waals surface area contributed by atoms with Crippen molar-refractivity contribution in [3.05, 3.63) is 42.2 Å². The van der Waals surface area contributed by atoms with Gasteiger partial charge in [-0.15, -0.1) is 0 Å². The lowest BCUT2D eigenvalue weighted by atomic mass is 10.1. The Balaban J connectivity index is 2.24. The summed E-state index contributed by atoms with van der Waals surface area (Å²) in [5.41, 5.74) is 9.14. The highest BCUT2D eigenvalue weighted by Crippen LogP contribution is 2.19. The standard InChI is InChI=1S/C14H19N3/c1-11(2)9-17-10-14(8-16-17)13-5-3-4-12(6-13)7-15/h3-6,8,10-11H,7,9,15H2,1-2H3. The molecule has 0 amide bonds. The normalized spacial score (nSPS) is 11.1. The van der Waals surface area contributed by atoms with Crippen LogP contribution in [0.15, 0.2) is 36.7 Å². The largest absolute Gasteiger partial charge is 0.326 e. The van der Waals surface area contributed by atoms with Crippen LogP contribution in [0, 0.1) is 5.92 Å². The molecule has 0 saturated heterocycles. The van der Waals surface area contributed by atoms with Gasteiger partial charge in [0.05, 0.1) is 6.20 Å². The molecule has 3 heteroatoms. The minimum Gasteiger partial charge on any atom is -0.326 e. The third-order valence-electron chi connectivity index (χ3n) is 2.68. The molecule has 17 heavy (non-hydrogen) atoms. The summed E-state index contributed by atoms with van der Waals surface area (Å²) in [5.74, 6) is 0.609. The maximum absolute atomic E-state index is 5.65. The van der Waals surface area contributed by atoms with E-state index in [2.05, 4.69) is 37.3 Å². The van der Waals surface area contributed by atoms with Crippen LogP contribution >= 0.6 is 0 Å². The molecule has 0 radical (unpaired) electrons. The van der Waals surface area contributed by atoms with Gasteiger partial charge in [-0.25, -0.2) is 0 Å². The minimum absolute atomic E-state index is 0.577. The van der Waals surface area contributed by atoms with Gasteiger partial charge in [0.1, 0.15) is 0 Å². The summed E-state index contributed by atoms with van der Waals surface area (Å²) < 4.78 is 2.00. The Hall–Kier alpha value is -1.61. The summed E-state index contributed by atoms with van der Waals surface area (Å²) >= 11 is 0. The Morgan fingerprint density at radius 2 is 2.12 bits per heavy atom. The van der Waals surface area contributed by atoms with E-state index in [1.54, 1.807) is 0 Å². The van der Waals surface area contributed by atoms with Crippen LogP contribution in [0.25, 0.3) is 11.1 Å². The smallest absolute Gasteiger partial charge is 0.0568 e. The summed E-state index contributed by atoms with van der Waals surface area (Å²) in [5, 5.41) is 4.37. The Morgan fingerprint density at radius 1 is 1.29 bits per heavy atom. The van der Waals surface area contributed by atoms with Gasteiger partial charge in [-0.2, -0.15) is 5.10 Å². The Bertz CT molecular complexity index is 486. The first-order chi connectivity index (χ1) is 8.19. The predicted molar refractivity (Wildman–Crippen MR) is 70.4 cm³/mol. The minimum atomic E-state index is 0.577. The van der Waals surface area contributed by atoms with Crippen molar-refractivity contribution in [3.63, 3.8) is 0 Å². The van der Waals surface area contributed by atoms with Crippen LogP contribution in [0.1, 0.15) is 19.4 Å². The molecule has 0 unspecified atom stereocenters. The van der Waals surface area contributed by atoms with Crippen molar-refractivity contribution in [1.82, 2.24) is 9.78 Å². The van der Waals surface area contributed by atoms with Gasteiger partial charge in [-0.3, -0.25) is 4.68 Å². The van der Waals surface area contributed by atoms with Gasteiger partial charge in [-0.1, -0.05) is 32.0 Å². The second kappa shape index (κ2) is 5.15. The summed E-state index contributed by atoms with van der Waals surface area (Å²) in [6, 6.07) is 8.30. The van der Waals surface area contributed by atoms with Crippen LogP contribution < -0.4 is 5.73 Å². The Labute approximate surface area is 102 Å². The molecule has 0 saturated carbocycles. The summed E-state index contributed by atoms with van der Waals surface area (Å²) in [7, 11) is 0. The van der Waals surface area contributed by atoms with Crippen molar-refractivity contribution in [2.75, 3.05) is 0 Å². The molecule has 2 rings (SSSR count). The van der Waals surface area contributed by atoms with E-state index in [-0.39, 0.29) is 0 Å². The highest BCUT2D eigenvalue weighted by atomic mass is 15.3. The van der Waals surface area contributed by atoms with Gasteiger partial charge >= 0.3 is 0 Å². The van der Waals surface area contributed by atoms with Crippen LogP contribution in [-0.2, 0) is 13.1 Å². The SMILES string of the molecule is CC(C)Cn1cc(-c2cccc(CN)c2)cn1. The molecule has 0 bridgehead atoms. The molecule has 0 aliphatic carbocycles. The number of benzene rings is 1. The fourth-order valence-electron chi connectivity index (χ4n) is 1.86. The van der Waals surface area contributed by atoms with E-state index >= 15 is 0 Å². The maximum atomic E-state index is 5.65. The van der Waals surface area contributed by atoms with Crippen LogP contribution in [0.5, 0.6) is 0 Å². The molecule has 90 valence electrons. The first-order valence-electron chi connectivity index (χ1n) is 6.01. The summed E-state index contributed by atoms with van der Waals surface area (Å²) in [6.45, 7) is 5.91. The lowest BCUT2D eigenvalue weighted by Gasteiger charge is -2.04. The fourth-order valence-corrected chi connectivity index (χ4v) is 1.86. The predicted octanol–water partition coefficient (Wildman–Crippen LogP) is 2.66. The van der Waals surface area contributed by atoms with Crippen molar-refractivity contribution in [2.45, 2.75) is 26.9 Å². The van der Waals surface area contributed by atoms with Crippen molar-refractivity contribution >= 4 is 0 Å². The molecule has 1 heterocycles. The molecular formula is C14H19N3. The lowest BCUT2D eigenvalue weighted by Crippen LogP contribution is -2.03. The van der Waals surface area contributed by atoms with Gasteiger partial charge in [0.15, 0.2) is 0 Å². The van der Waals surface area contributed by atoms with E-state index in [1.807, 2.05) is 23.0 Å². The third-order valence-corrected chi connectivity index (χ3v) is 2.68. The quantitative estimate of drug-likeness (QED) is 0.876. The molecule has 0 spiro atoms. The summed E-state index contributed by atoms with van der Waals surface area (Å²) in [4.78, 5) is 0. The van der Waals surface area contributed by atoms with Gasteiger partial charge in [-0.05, 0) is 23.1 Å². The topological polar surface area (TPSA) is 43.8 Å². The van der Waals surface area contributed by atoms with Crippen LogP contribution in [0.4, 0.5) is 0 Å². The van der Waals surface area contributed by atoms with E-state index in [4.69, 9.17) is 5.73 Å². The summed E-state index contributed by atoms with van der Waals surface area (Å²) in [6.07, 6.45) is 4.01. The fraction of sp³-hybridized carbons (Fsp3) is 0.357. The van der Waals surface area contributed by atoms with Gasteiger partial charge < -0.3 is 5.73 Å². The van der Waals surface area contributed by atoms with Crippen molar-refractivity contribution < 1.29 is 0 Å². The molecule has 2 N–H and O–H groups in total. The monoisotopic (exact) mass is 229 g/mol. The number of aromatic nitrogens is 2. The van der Waals surface area contributed by atoms with E-state index in [0.29, 0.717) is 12.5 Å². The highest BCUT2D eigenvalue weighted by molar-refractivity contribution is 5.62. The molecule has 0 fully saturated rings. The first-order valence-corrected chi connectivity index (χ1v) is 6.01. The maximum Gasteiger partial charge on any atom is 0.0568 e. The molecular weight excluding hydrogens is 210 g/mol. The van der Waals surface area contributed by atoms with Gasteiger partial charge in [0.25, 0.3) is 0 Å². The zero-order valence-electron chi connectivity index (χ0n) is 10.4. The van der Waals surface area contributed by atoms with Gasteiger partial charge in [0.2, 0.25) is 0 Å². The Morgan fingerprint density at radius 3 is 2.82 bits per heavy atom. The van der Waals surface area contributed by atoms with E-state index in [0.717, 1.165) is 17.7 Å². The molecule has 2 aromatic rings. The van der Waals surface area contributed by atoms with Crippen molar-refractivity contribution in [1.29, 1.82) is 0 Å². The molecule has 1 aromatic carbocycles. The Kier molecular flexibility index (Phi) is 3.59. The number of hydrogen-bond donors (Lipinski definition) is 1. The molecule has 0 aliphatic rings. The average Bonchev–Trinajstić information content (AvgIpc) is 2.77. The second-order valence-corrected chi connectivity index (χ2v) is 4.75. The number of nitrogens with two attached hydrogens (primary N) is 1. The molecule has 3 nitrogen and oxygen atoms in total. The number of rotatable bonds is 4. The zero-order valence-corrected chi connectivity index (χ0v) is 10.4. The van der Waals surface area contributed by atoms with Crippen LogP contribution in [0.3, 0.4) is 0 Å². The zero-order chi connectivity index (χ0) is 12.3. The third kappa shape index (κ3) is 2.94. The van der Waals surface area contributed by atoms with Gasteiger partial charge in [0, 0.05) is 24.8 Å². The second-order valence-electron chi connectivity index (χ2n) is 4.75. The molecule has 1 aromatic heterocycles. The first kappa shape index (κ1) is 11.9. The van der Waals surface area contributed by atoms with Crippen LogP contribution in [0.2, 0.25) is 0 Å². The lowest BCUT2D eigenvalue weighted by molar-refractivity contribution is 0.483.